The van der Waals surface area contributed by atoms with Crippen molar-refractivity contribution in [2.75, 3.05) is 6.54 Å². The summed E-state index contributed by atoms with van der Waals surface area (Å²) in [6.07, 6.45) is 4.97. The third kappa shape index (κ3) is 4.68. The van der Waals surface area contributed by atoms with Crippen molar-refractivity contribution >= 4 is 28.8 Å². The maximum Gasteiger partial charge on any atom is 0.220 e. The fourth-order valence-electron chi connectivity index (χ4n) is 1.80. The highest BCUT2D eigenvalue weighted by molar-refractivity contribution is 7.09. The lowest BCUT2D eigenvalue weighted by molar-refractivity contribution is -0.121. The van der Waals surface area contributed by atoms with Crippen LogP contribution in [0.2, 0.25) is 0 Å². The summed E-state index contributed by atoms with van der Waals surface area (Å²) in [5.41, 5.74) is 0. The van der Waals surface area contributed by atoms with Gasteiger partial charge in [-0.1, -0.05) is 6.07 Å². The van der Waals surface area contributed by atoms with Crippen molar-refractivity contribution in [3.8, 4) is 0 Å². The molecule has 2 rings (SSSR count). The highest BCUT2D eigenvalue weighted by Gasteiger charge is 2.29. The summed E-state index contributed by atoms with van der Waals surface area (Å²) in [5.74, 6) is 0.774. The Kier molecular flexibility index (Phi) is 4.86. The van der Waals surface area contributed by atoms with Gasteiger partial charge in [0.2, 0.25) is 5.91 Å². The summed E-state index contributed by atoms with van der Waals surface area (Å²) in [6, 6.07) is 4.16. The van der Waals surface area contributed by atoms with E-state index in [9.17, 15) is 4.79 Å². The van der Waals surface area contributed by atoms with E-state index in [2.05, 4.69) is 16.8 Å². The molecule has 0 saturated heterocycles. The van der Waals surface area contributed by atoms with Crippen LogP contribution in [-0.2, 0) is 11.2 Å². The van der Waals surface area contributed by atoms with Crippen molar-refractivity contribution < 1.29 is 4.79 Å². The van der Waals surface area contributed by atoms with Crippen molar-refractivity contribution in [3.63, 3.8) is 0 Å². The molecule has 0 radical (unpaired) electrons. The van der Waals surface area contributed by atoms with Gasteiger partial charge >= 0.3 is 0 Å². The van der Waals surface area contributed by atoms with Crippen LogP contribution >= 0.6 is 22.9 Å². The van der Waals surface area contributed by atoms with Crippen molar-refractivity contribution in [1.82, 2.24) is 5.32 Å². The van der Waals surface area contributed by atoms with Crippen LogP contribution in [0, 0.1) is 5.92 Å². The molecule has 94 valence electrons. The third-order valence-electron chi connectivity index (χ3n) is 3.03. The van der Waals surface area contributed by atoms with Gasteiger partial charge in [-0.25, -0.2) is 0 Å². The number of hydrogen-bond acceptors (Lipinski definition) is 2. The number of aryl methyl sites for hydroxylation is 1. The molecule has 1 aliphatic carbocycles. The smallest absolute Gasteiger partial charge is 0.220 e. The second-order valence-corrected chi connectivity index (χ2v) is 6.18. The van der Waals surface area contributed by atoms with E-state index in [1.54, 1.807) is 11.3 Å². The molecule has 1 saturated carbocycles. The zero-order valence-corrected chi connectivity index (χ0v) is 11.4. The third-order valence-corrected chi connectivity index (χ3v) is 4.48. The first-order chi connectivity index (χ1) is 8.25. The van der Waals surface area contributed by atoms with Crippen molar-refractivity contribution in [2.45, 2.75) is 37.5 Å². The van der Waals surface area contributed by atoms with E-state index in [1.165, 1.54) is 17.7 Å². The van der Waals surface area contributed by atoms with E-state index in [0.29, 0.717) is 18.9 Å². The van der Waals surface area contributed by atoms with E-state index >= 15 is 0 Å². The normalized spacial score (nSPS) is 16.8. The molecular weight excluding hydrogens is 254 g/mol. The molecule has 1 atom stereocenters. The van der Waals surface area contributed by atoms with Gasteiger partial charge in [0.25, 0.3) is 0 Å². The largest absolute Gasteiger partial charge is 0.355 e. The highest BCUT2D eigenvalue weighted by Crippen LogP contribution is 2.35. The summed E-state index contributed by atoms with van der Waals surface area (Å²) >= 11 is 7.88. The van der Waals surface area contributed by atoms with Crippen LogP contribution in [0.3, 0.4) is 0 Å². The predicted molar refractivity (Wildman–Crippen MR) is 72.6 cm³/mol. The lowest BCUT2D eigenvalue weighted by atomic mass is 10.2. The Bertz CT molecular complexity index is 348. The average Bonchev–Trinajstić information content (AvgIpc) is 3.05. The number of nitrogens with one attached hydrogen (secondary N) is 1. The SMILES string of the molecule is O=C(CCCc1cccs1)NCC(Cl)C1CC1. The molecule has 1 fully saturated rings. The van der Waals surface area contributed by atoms with E-state index in [0.717, 1.165) is 12.8 Å². The molecule has 2 nitrogen and oxygen atoms in total. The van der Waals surface area contributed by atoms with Crippen LogP contribution in [0.1, 0.15) is 30.6 Å². The second-order valence-electron chi connectivity index (χ2n) is 4.59. The Hall–Kier alpha value is -0.540. The maximum absolute atomic E-state index is 11.6. The summed E-state index contributed by atoms with van der Waals surface area (Å²) in [7, 11) is 0. The van der Waals surface area contributed by atoms with Gasteiger partial charge in [-0.05, 0) is 43.0 Å². The van der Waals surface area contributed by atoms with Crippen LogP contribution < -0.4 is 5.32 Å². The molecular formula is C13H18ClNOS. The minimum absolute atomic E-state index is 0.132. The summed E-state index contributed by atoms with van der Waals surface area (Å²) in [5, 5.41) is 5.12. The quantitative estimate of drug-likeness (QED) is 0.758. The number of amides is 1. The molecule has 1 N–H and O–H groups in total. The second kappa shape index (κ2) is 6.41. The molecule has 1 heterocycles. The lowest BCUT2D eigenvalue weighted by Gasteiger charge is -2.09. The predicted octanol–water partition coefficient (Wildman–Crippen LogP) is 3.20. The van der Waals surface area contributed by atoms with Crippen LogP contribution in [-0.4, -0.2) is 17.8 Å². The molecule has 4 heteroatoms. The zero-order chi connectivity index (χ0) is 12.1. The van der Waals surface area contributed by atoms with Crippen LogP contribution in [0.5, 0.6) is 0 Å². The molecule has 0 spiro atoms. The first-order valence-corrected chi connectivity index (χ1v) is 7.50. The van der Waals surface area contributed by atoms with Crippen LogP contribution in [0.4, 0.5) is 0 Å². The fraction of sp³-hybridized carbons (Fsp3) is 0.615. The Balaban J connectivity index is 1.54. The molecule has 0 aliphatic heterocycles. The molecule has 1 unspecified atom stereocenters. The molecule has 17 heavy (non-hydrogen) atoms. The Morgan fingerprint density at radius 3 is 3.06 bits per heavy atom. The van der Waals surface area contributed by atoms with Gasteiger partial charge in [0, 0.05) is 17.8 Å². The van der Waals surface area contributed by atoms with Gasteiger partial charge in [0.05, 0.1) is 5.38 Å². The number of carbonyl (C=O) groups is 1. The fourth-order valence-corrected chi connectivity index (χ4v) is 2.88. The molecule has 0 aromatic carbocycles. The average molecular weight is 272 g/mol. The van der Waals surface area contributed by atoms with Crippen molar-refractivity contribution in [1.29, 1.82) is 0 Å². The van der Waals surface area contributed by atoms with Gasteiger partial charge in [0.1, 0.15) is 0 Å². The Labute approximate surface area is 111 Å². The maximum atomic E-state index is 11.6. The molecule has 1 aromatic heterocycles. The van der Waals surface area contributed by atoms with Gasteiger partial charge < -0.3 is 5.32 Å². The number of halogens is 1. The van der Waals surface area contributed by atoms with Crippen molar-refractivity contribution in [2.24, 2.45) is 5.92 Å². The van der Waals surface area contributed by atoms with Gasteiger partial charge in [-0.15, -0.1) is 22.9 Å². The first-order valence-electron chi connectivity index (χ1n) is 6.19. The summed E-state index contributed by atoms with van der Waals surface area (Å²) < 4.78 is 0. The van der Waals surface area contributed by atoms with Crippen molar-refractivity contribution in [3.05, 3.63) is 22.4 Å². The minimum atomic E-state index is 0.132. The first kappa shape index (κ1) is 12.9. The number of hydrogen-bond donors (Lipinski definition) is 1. The number of rotatable bonds is 7. The molecule has 1 aromatic rings. The van der Waals surface area contributed by atoms with E-state index in [4.69, 9.17) is 11.6 Å². The Morgan fingerprint density at radius 1 is 1.59 bits per heavy atom. The Morgan fingerprint density at radius 2 is 2.41 bits per heavy atom. The highest BCUT2D eigenvalue weighted by atomic mass is 35.5. The summed E-state index contributed by atoms with van der Waals surface area (Å²) in [4.78, 5) is 12.9. The number of thiophene rings is 1. The van der Waals surface area contributed by atoms with Gasteiger partial charge in [-0.3, -0.25) is 4.79 Å². The number of alkyl halides is 1. The van der Waals surface area contributed by atoms with E-state index in [1.807, 2.05) is 6.07 Å². The van der Waals surface area contributed by atoms with E-state index in [-0.39, 0.29) is 11.3 Å². The number of carbonyl (C=O) groups excluding carboxylic acids is 1. The zero-order valence-electron chi connectivity index (χ0n) is 9.82. The summed E-state index contributed by atoms with van der Waals surface area (Å²) in [6.45, 7) is 0.629. The van der Waals surface area contributed by atoms with Crippen LogP contribution in [0.25, 0.3) is 0 Å². The van der Waals surface area contributed by atoms with Gasteiger partial charge in [-0.2, -0.15) is 0 Å². The monoisotopic (exact) mass is 271 g/mol. The van der Waals surface area contributed by atoms with E-state index < -0.39 is 0 Å². The minimum Gasteiger partial charge on any atom is -0.355 e. The lowest BCUT2D eigenvalue weighted by Crippen LogP contribution is -2.30. The van der Waals surface area contributed by atoms with Gasteiger partial charge in [0.15, 0.2) is 0 Å². The molecule has 1 aliphatic rings. The van der Waals surface area contributed by atoms with Crippen LogP contribution in [0.15, 0.2) is 17.5 Å². The molecule has 0 bridgehead atoms. The topological polar surface area (TPSA) is 29.1 Å². The molecule has 1 amide bonds. The standard InChI is InChI=1S/C13H18ClNOS/c14-12(10-6-7-10)9-15-13(16)5-1-3-11-4-2-8-17-11/h2,4,8,10,12H,1,3,5-7,9H2,(H,15,16).